The third kappa shape index (κ3) is 3.18. The van der Waals surface area contributed by atoms with Crippen LogP contribution in [0.5, 0.6) is 5.75 Å². The van der Waals surface area contributed by atoms with E-state index in [2.05, 4.69) is 5.32 Å². The molecule has 0 aliphatic heterocycles. The summed E-state index contributed by atoms with van der Waals surface area (Å²) in [7, 11) is 1.84. The highest BCUT2D eigenvalue weighted by atomic mass is 19.1. The lowest BCUT2D eigenvalue weighted by Gasteiger charge is -2.07. The number of hydrogen-bond donors (Lipinski definition) is 1. The van der Waals surface area contributed by atoms with Crippen molar-refractivity contribution in [3.63, 3.8) is 0 Å². The lowest BCUT2D eigenvalue weighted by molar-refractivity contribution is 0.273. The number of hydrogen-bond acceptors (Lipinski definition) is 4. The van der Waals surface area contributed by atoms with Gasteiger partial charge in [-0.15, -0.1) is 0 Å². The minimum atomic E-state index is -0.575. The fourth-order valence-electron chi connectivity index (χ4n) is 2.33. The molecule has 0 radical (unpaired) electrons. The van der Waals surface area contributed by atoms with Gasteiger partial charge in [-0.05, 0) is 42.5 Å². The molecule has 3 rings (SSSR count). The highest BCUT2D eigenvalue weighted by molar-refractivity contribution is 5.80. The van der Waals surface area contributed by atoms with Crippen LogP contribution in [0.4, 0.5) is 10.1 Å². The Kier molecular flexibility index (Phi) is 4.28. The molecule has 1 N–H and O–H groups in total. The van der Waals surface area contributed by atoms with Crippen molar-refractivity contribution in [2.75, 3.05) is 25.6 Å². The molecule has 0 aliphatic carbocycles. The maximum atomic E-state index is 12.3. The molecule has 1 aromatic heterocycles. The van der Waals surface area contributed by atoms with Crippen molar-refractivity contribution in [3.05, 3.63) is 58.8 Å². The molecule has 3 aromatic rings. The Hall–Kier alpha value is -2.82. The van der Waals surface area contributed by atoms with Gasteiger partial charge in [0.1, 0.15) is 30.4 Å². The van der Waals surface area contributed by atoms with Gasteiger partial charge in [0, 0.05) is 24.4 Å². The lowest BCUT2D eigenvalue weighted by atomic mass is 10.1. The number of rotatable bonds is 5. The van der Waals surface area contributed by atoms with E-state index < -0.39 is 6.67 Å². The molecule has 118 valence electrons. The second-order valence-corrected chi connectivity index (χ2v) is 5.00. The van der Waals surface area contributed by atoms with E-state index in [9.17, 15) is 9.18 Å². The monoisotopic (exact) mass is 313 g/mol. The van der Waals surface area contributed by atoms with Gasteiger partial charge in [-0.3, -0.25) is 4.79 Å². The molecular formula is C18H16FNO3. The Bertz CT molecular complexity index is 872. The summed E-state index contributed by atoms with van der Waals surface area (Å²) < 4.78 is 23.2. The SMILES string of the molecule is CNc1ccc(-c2cc(=O)c3cc(OCCF)ccc3o2)cc1. The first-order valence-electron chi connectivity index (χ1n) is 7.26. The molecule has 0 atom stereocenters. The second kappa shape index (κ2) is 6.52. The predicted octanol–water partition coefficient (Wildman–Crippen LogP) is 3.85. The first-order valence-corrected chi connectivity index (χ1v) is 7.26. The molecule has 0 bridgehead atoms. The smallest absolute Gasteiger partial charge is 0.193 e. The van der Waals surface area contributed by atoms with E-state index in [1.807, 2.05) is 31.3 Å². The van der Waals surface area contributed by atoms with Crippen molar-refractivity contribution in [1.29, 1.82) is 0 Å². The van der Waals surface area contributed by atoms with Crippen LogP contribution >= 0.6 is 0 Å². The maximum Gasteiger partial charge on any atom is 0.193 e. The van der Waals surface area contributed by atoms with Crippen molar-refractivity contribution >= 4 is 16.7 Å². The van der Waals surface area contributed by atoms with Crippen LogP contribution in [-0.2, 0) is 0 Å². The van der Waals surface area contributed by atoms with E-state index in [1.165, 1.54) is 6.07 Å². The van der Waals surface area contributed by atoms with Crippen LogP contribution in [0.3, 0.4) is 0 Å². The predicted molar refractivity (Wildman–Crippen MR) is 88.9 cm³/mol. The number of benzene rings is 2. The highest BCUT2D eigenvalue weighted by Gasteiger charge is 2.08. The molecular weight excluding hydrogens is 297 g/mol. The van der Waals surface area contributed by atoms with Gasteiger partial charge in [0.15, 0.2) is 5.43 Å². The van der Waals surface area contributed by atoms with Gasteiger partial charge in [-0.1, -0.05) is 0 Å². The van der Waals surface area contributed by atoms with Crippen LogP contribution in [-0.4, -0.2) is 20.3 Å². The molecule has 1 heterocycles. The van der Waals surface area contributed by atoms with E-state index in [0.29, 0.717) is 22.5 Å². The molecule has 0 unspecified atom stereocenters. The Labute approximate surface area is 132 Å². The number of alkyl halides is 1. The van der Waals surface area contributed by atoms with Gasteiger partial charge in [-0.25, -0.2) is 4.39 Å². The molecule has 23 heavy (non-hydrogen) atoms. The Morgan fingerprint density at radius 2 is 1.91 bits per heavy atom. The van der Waals surface area contributed by atoms with Crippen molar-refractivity contribution in [3.8, 4) is 17.1 Å². The summed E-state index contributed by atoms with van der Waals surface area (Å²) in [5.41, 5.74) is 2.11. The summed E-state index contributed by atoms with van der Waals surface area (Å²) in [6.45, 7) is -0.610. The number of halogens is 1. The average Bonchev–Trinajstić information content (AvgIpc) is 2.60. The van der Waals surface area contributed by atoms with Crippen molar-refractivity contribution in [2.24, 2.45) is 0 Å². The molecule has 4 nitrogen and oxygen atoms in total. The number of nitrogens with one attached hydrogen (secondary N) is 1. The van der Waals surface area contributed by atoms with E-state index >= 15 is 0 Å². The molecule has 0 saturated heterocycles. The summed E-state index contributed by atoms with van der Waals surface area (Å²) >= 11 is 0. The minimum absolute atomic E-state index is 0.0350. The second-order valence-electron chi connectivity index (χ2n) is 5.00. The van der Waals surface area contributed by atoms with Crippen molar-refractivity contribution in [2.45, 2.75) is 0 Å². The zero-order valence-electron chi connectivity index (χ0n) is 12.6. The summed E-state index contributed by atoms with van der Waals surface area (Å²) in [6.07, 6.45) is 0. The number of ether oxygens (including phenoxy) is 1. The van der Waals surface area contributed by atoms with Crippen LogP contribution in [0.25, 0.3) is 22.3 Å². The quantitative estimate of drug-likeness (QED) is 0.777. The van der Waals surface area contributed by atoms with E-state index in [1.54, 1.807) is 18.2 Å². The molecule has 2 aromatic carbocycles. The van der Waals surface area contributed by atoms with Gasteiger partial charge >= 0.3 is 0 Å². The van der Waals surface area contributed by atoms with Crippen LogP contribution < -0.4 is 15.5 Å². The number of fused-ring (bicyclic) bond motifs is 1. The molecule has 0 amide bonds. The Morgan fingerprint density at radius 1 is 1.13 bits per heavy atom. The van der Waals surface area contributed by atoms with Gasteiger partial charge < -0.3 is 14.5 Å². The zero-order chi connectivity index (χ0) is 16.2. The third-order valence-electron chi connectivity index (χ3n) is 3.50. The molecule has 5 heteroatoms. The maximum absolute atomic E-state index is 12.3. The minimum Gasteiger partial charge on any atom is -0.491 e. The fraction of sp³-hybridized carbons (Fsp3) is 0.167. The van der Waals surface area contributed by atoms with E-state index in [0.717, 1.165) is 11.3 Å². The Balaban J connectivity index is 2.02. The number of anilines is 1. The van der Waals surface area contributed by atoms with E-state index in [-0.39, 0.29) is 12.0 Å². The highest BCUT2D eigenvalue weighted by Crippen LogP contribution is 2.25. The summed E-state index contributed by atoms with van der Waals surface area (Å²) in [4.78, 5) is 12.3. The van der Waals surface area contributed by atoms with Gasteiger partial charge in [0.2, 0.25) is 0 Å². The summed E-state index contributed by atoms with van der Waals surface area (Å²) in [5, 5.41) is 3.45. The Morgan fingerprint density at radius 3 is 2.61 bits per heavy atom. The molecule has 0 saturated carbocycles. The van der Waals surface area contributed by atoms with Crippen molar-refractivity contribution in [1.82, 2.24) is 0 Å². The zero-order valence-corrected chi connectivity index (χ0v) is 12.6. The molecule has 0 aliphatic rings. The van der Waals surface area contributed by atoms with Crippen LogP contribution in [0, 0.1) is 0 Å². The molecule has 0 spiro atoms. The van der Waals surface area contributed by atoms with Crippen LogP contribution in [0.2, 0.25) is 0 Å². The summed E-state index contributed by atoms with van der Waals surface area (Å²) in [5.74, 6) is 0.955. The summed E-state index contributed by atoms with van der Waals surface area (Å²) in [6, 6.07) is 13.9. The largest absolute Gasteiger partial charge is 0.491 e. The first kappa shape index (κ1) is 15.1. The van der Waals surface area contributed by atoms with E-state index in [4.69, 9.17) is 9.15 Å². The third-order valence-corrected chi connectivity index (χ3v) is 3.50. The lowest BCUT2D eigenvalue weighted by Crippen LogP contribution is -2.03. The van der Waals surface area contributed by atoms with Gasteiger partial charge in [-0.2, -0.15) is 0 Å². The first-order chi connectivity index (χ1) is 11.2. The topological polar surface area (TPSA) is 51.5 Å². The van der Waals surface area contributed by atoms with Crippen LogP contribution in [0.15, 0.2) is 57.7 Å². The standard InChI is InChI=1S/C18H16FNO3/c1-20-13-4-2-12(3-5-13)18-11-16(21)15-10-14(22-9-8-19)6-7-17(15)23-18/h2-7,10-11,20H,8-9H2,1H3. The normalized spacial score (nSPS) is 10.7. The van der Waals surface area contributed by atoms with Crippen molar-refractivity contribution < 1.29 is 13.5 Å². The fourth-order valence-corrected chi connectivity index (χ4v) is 2.33. The van der Waals surface area contributed by atoms with Gasteiger partial charge in [0.05, 0.1) is 5.39 Å². The molecule has 0 fully saturated rings. The average molecular weight is 313 g/mol. The van der Waals surface area contributed by atoms with Crippen LogP contribution in [0.1, 0.15) is 0 Å². The van der Waals surface area contributed by atoms with Gasteiger partial charge in [0.25, 0.3) is 0 Å².